The molecule has 0 aliphatic heterocycles. The molecule has 2 atom stereocenters. The van der Waals surface area contributed by atoms with Crippen LogP contribution in [0.3, 0.4) is 0 Å². The molecule has 2 amide bonds. The van der Waals surface area contributed by atoms with Gasteiger partial charge in [0.15, 0.2) is 0 Å². The van der Waals surface area contributed by atoms with E-state index >= 15 is 0 Å². The van der Waals surface area contributed by atoms with Crippen molar-refractivity contribution in [2.75, 3.05) is 6.54 Å². The fourth-order valence-electron chi connectivity index (χ4n) is 2.69. The first-order valence-electron chi connectivity index (χ1n) is 7.87. The van der Waals surface area contributed by atoms with Gasteiger partial charge in [-0.05, 0) is 20.3 Å². The van der Waals surface area contributed by atoms with E-state index in [0.717, 1.165) is 28.4 Å². The maximum atomic E-state index is 12.2. The van der Waals surface area contributed by atoms with Crippen LogP contribution in [-0.2, 0) is 7.05 Å². The Hall–Kier alpha value is -1.89. The van der Waals surface area contributed by atoms with Crippen LogP contribution in [-0.4, -0.2) is 27.3 Å². The molecule has 2 rings (SSSR count). The topological polar surface area (TPSA) is 71.8 Å². The largest absolute Gasteiger partial charge is 0.337 e. The van der Waals surface area contributed by atoms with Crippen LogP contribution >= 0.6 is 11.3 Å². The van der Waals surface area contributed by atoms with Crippen LogP contribution in [0.15, 0.2) is 11.6 Å². The number of carbonyl (C=O) groups is 1. The summed E-state index contributed by atoms with van der Waals surface area (Å²) in [6, 6.07) is -0.179. The molecule has 0 aromatic carbocycles. The Kier molecular flexibility index (Phi) is 5.76. The van der Waals surface area contributed by atoms with E-state index in [1.165, 1.54) is 0 Å². The highest BCUT2D eigenvalue weighted by Gasteiger charge is 2.20. The molecule has 0 radical (unpaired) electrons. The third-order valence-electron chi connectivity index (χ3n) is 4.07. The van der Waals surface area contributed by atoms with Crippen LogP contribution in [0.5, 0.6) is 0 Å². The Labute approximate surface area is 141 Å². The first-order valence-corrected chi connectivity index (χ1v) is 8.75. The maximum Gasteiger partial charge on any atom is 0.315 e. The fraction of sp³-hybridized carbons (Fsp3) is 0.562. The van der Waals surface area contributed by atoms with E-state index in [1.54, 1.807) is 17.5 Å². The molecule has 6 nitrogen and oxygen atoms in total. The quantitative estimate of drug-likeness (QED) is 0.852. The number of nitrogens with zero attached hydrogens (tertiary/aromatic N) is 3. The normalized spacial score (nSPS) is 13.6. The number of thiazole rings is 1. The van der Waals surface area contributed by atoms with E-state index < -0.39 is 0 Å². The predicted molar refractivity (Wildman–Crippen MR) is 92.8 cm³/mol. The Morgan fingerprint density at radius 1 is 1.43 bits per heavy atom. The zero-order chi connectivity index (χ0) is 17.0. The van der Waals surface area contributed by atoms with Gasteiger partial charge in [0.05, 0.1) is 16.7 Å². The van der Waals surface area contributed by atoms with Crippen LogP contribution in [0.4, 0.5) is 4.79 Å². The minimum absolute atomic E-state index is 0.0288. The van der Waals surface area contributed by atoms with E-state index in [0.29, 0.717) is 6.54 Å². The molecule has 7 heteroatoms. The third-order valence-corrected chi connectivity index (χ3v) is 5.08. The van der Waals surface area contributed by atoms with E-state index in [-0.39, 0.29) is 18.0 Å². The van der Waals surface area contributed by atoms with Crippen molar-refractivity contribution >= 4 is 17.4 Å². The predicted octanol–water partition coefficient (Wildman–Crippen LogP) is 3.05. The van der Waals surface area contributed by atoms with E-state index in [2.05, 4.69) is 34.6 Å². The van der Waals surface area contributed by atoms with Crippen LogP contribution < -0.4 is 10.6 Å². The standard InChI is InChI=1S/C16H25N5OS/c1-6-13(14-11(3)20-21(5)12(14)4)19-16(22)18-9-10(2)15-17-7-8-23-15/h7-8,10,13H,6,9H2,1-5H3,(H2,18,19,22)/t10-,13+/m1/s1. The van der Waals surface area contributed by atoms with Crippen LogP contribution in [0, 0.1) is 13.8 Å². The lowest BCUT2D eigenvalue weighted by Gasteiger charge is -2.19. The molecule has 0 fully saturated rings. The molecule has 0 saturated carbocycles. The summed E-state index contributed by atoms with van der Waals surface area (Å²) in [7, 11) is 1.92. The number of nitrogens with one attached hydrogen (secondary N) is 2. The molecular weight excluding hydrogens is 310 g/mol. The first-order chi connectivity index (χ1) is 10.9. The number of urea groups is 1. The lowest BCUT2D eigenvalue weighted by atomic mass is 10.0. The van der Waals surface area contributed by atoms with Gasteiger partial charge in [-0.3, -0.25) is 4.68 Å². The van der Waals surface area contributed by atoms with Gasteiger partial charge < -0.3 is 10.6 Å². The van der Waals surface area contributed by atoms with Gasteiger partial charge in [0.2, 0.25) is 0 Å². The van der Waals surface area contributed by atoms with Gasteiger partial charge in [-0.2, -0.15) is 5.10 Å². The van der Waals surface area contributed by atoms with Gasteiger partial charge in [-0.1, -0.05) is 13.8 Å². The number of amides is 2. The van der Waals surface area contributed by atoms with Crippen molar-refractivity contribution in [1.82, 2.24) is 25.4 Å². The third kappa shape index (κ3) is 4.10. The number of hydrogen-bond acceptors (Lipinski definition) is 4. The zero-order valence-electron chi connectivity index (χ0n) is 14.4. The monoisotopic (exact) mass is 335 g/mol. The molecule has 0 bridgehead atoms. The molecule has 2 heterocycles. The summed E-state index contributed by atoms with van der Waals surface area (Å²) < 4.78 is 1.86. The summed E-state index contributed by atoms with van der Waals surface area (Å²) in [6.45, 7) is 8.71. The van der Waals surface area contributed by atoms with Gasteiger partial charge in [-0.25, -0.2) is 9.78 Å². The second-order valence-electron chi connectivity index (χ2n) is 5.79. The molecule has 2 aromatic heterocycles. The lowest BCUT2D eigenvalue weighted by Crippen LogP contribution is -2.39. The second kappa shape index (κ2) is 7.59. The average molecular weight is 335 g/mol. The first kappa shape index (κ1) is 17.5. The lowest BCUT2D eigenvalue weighted by molar-refractivity contribution is 0.236. The number of rotatable bonds is 6. The summed E-state index contributed by atoms with van der Waals surface area (Å²) in [5.74, 6) is 0.211. The van der Waals surface area contributed by atoms with E-state index in [4.69, 9.17) is 0 Å². The van der Waals surface area contributed by atoms with Gasteiger partial charge in [0.1, 0.15) is 0 Å². The molecular formula is C16H25N5OS. The van der Waals surface area contributed by atoms with Crippen molar-refractivity contribution in [2.45, 2.75) is 46.1 Å². The number of aryl methyl sites for hydroxylation is 2. The Balaban J connectivity index is 1.95. The van der Waals surface area contributed by atoms with Crippen molar-refractivity contribution in [1.29, 1.82) is 0 Å². The molecule has 0 unspecified atom stereocenters. The molecule has 0 spiro atoms. The van der Waals surface area contributed by atoms with Crippen LogP contribution in [0.2, 0.25) is 0 Å². The van der Waals surface area contributed by atoms with E-state index in [1.807, 2.05) is 31.0 Å². The van der Waals surface area contributed by atoms with Crippen molar-refractivity contribution in [3.8, 4) is 0 Å². The number of hydrogen-bond donors (Lipinski definition) is 2. The highest BCUT2D eigenvalue weighted by molar-refractivity contribution is 7.09. The molecule has 0 aliphatic rings. The SMILES string of the molecule is CC[C@H](NC(=O)NC[C@@H](C)c1nccs1)c1c(C)nn(C)c1C. The van der Waals surface area contributed by atoms with Gasteiger partial charge >= 0.3 is 6.03 Å². The summed E-state index contributed by atoms with van der Waals surface area (Å²) in [4.78, 5) is 16.5. The number of aromatic nitrogens is 3. The highest BCUT2D eigenvalue weighted by Crippen LogP contribution is 2.23. The molecule has 0 aliphatic carbocycles. The van der Waals surface area contributed by atoms with Gasteiger partial charge in [0.25, 0.3) is 0 Å². The van der Waals surface area contributed by atoms with Crippen molar-refractivity contribution < 1.29 is 4.79 Å². The Morgan fingerprint density at radius 2 is 2.17 bits per heavy atom. The minimum Gasteiger partial charge on any atom is -0.337 e. The summed E-state index contributed by atoms with van der Waals surface area (Å²) in [6.07, 6.45) is 2.61. The Morgan fingerprint density at radius 3 is 2.70 bits per heavy atom. The summed E-state index contributed by atoms with van der Waals surface area (Å²) in [5.41, 5.74) is 3.16. The van der Waals surface area contributed by atoms with Crippen molar-refractivity contribution in [3.05, 3.63) is 33.5 Å². The molecule has 2 N–H and O–H groups in total. The van der Waals surface area contributed by atoms with E-state index in [9.17, 15) is 4.79 Å². The second-order valence-corrected chi connectivity index (χ2v) is 6.72. The summed E-state index contributed by atoms with van der Waals surface area (Å²) >= 11 is 1.61. The highest BCUT2D eigenvalue weighted by atomic mass is 32.1. The summed E-state index contributed by atoms with van der Waals surface area (Å²) in [5, 5.41) is 13.4. The van der Waals surface area contributed by atoms with Crippen molar-refractivity contribution in [3.63, 3.8) is 0 Å². The van der Waals surface area contributed by atoms with Gasteiger partial charge in [0, 0.05) is 42.3 Å². The van der Waals surface area contributed by atoms with Crippen molar-refractivity contribution in [2.24, 2.45) is 7.05 Å². The fourth-order valence-corrected chi connectivity index (χ4v) is 3.39. The van der Waals surface area contributed by atoms with Crippen LogP contribution in [0.1, 0.15) is 54.2 Å². The average Bonchev–Trinajstić information content (AvgIpc) is 3.13. The Bertz CT molecular complexity index is 650. The molecule has 0 saturated heterocycles. The maximum absolute atomic E-state index is 12.2. The number of carbonyl (C=O) groups excluding carboxylic acids is 1. The smallest absolute Gasteiger partial charge is 0.315 e. The zero-order valence-corrected chi connectivity index (χ0v) is 15.2. The minimum atomic E-state index is -0.150. The van der Waals surface area contributed by atoms with Crippen LogP contribution in [0.25, 0.3) is 0 Å². The molecule has 126 valence electrons. The van der Waals surface area contributed by atoms with Gasteiger partial charge in [-0.15, -0.1) is 11.3 Å². The molecule has 2 aromatic rings. The molecule has 23 heavy (non-hydrogen) atoms.